The van der Waals surface area contributed by atoms with Gasteiger partial charge in [-0.3, -0.25) is 4.79 Å². The molecule has 0 aromatic heterocycles. The molecule has 2 aliphatic heterocycles. The minimum absolute atomic E-state index is 0.00617. The number of carbonyl (C=O) groups is 2. The van der Waals surface area contributed by atoms with Crippen LogP contribution in [0.5, 0.6) is 0 Å². The molecule has 2 rings (SSSR count). The summed E-state index contributed by atoms with van der Waals surface area (Å²) in [5.74, 6) is 0.110. The van der Waals surface area contributed by atoms with Gasteiger partial charge in [-0.2, -0.15) is 0 Å². The van der Waals surface area contributed by atoms with Crippen molar-refractivity contribution in [1.29, 1.82) is 0 Å². The van der Waals surface area contributed by atoms with E-state index >= 15 is 0 Å². The van der Waals surface area contributed by atoms with Gasteiger partial charge in [0.25, 0.3) is 0 Å². The van der Waals surface area contributed by atoms with E-state index in [9.17, 15) is 9.59 Å². The van der Waals surface area contributed by atoms with Crippen molar-refractivity contribution in [3.8, 4) is 0 Å². The topological polar surface area (TPSA) is 61.4 Å². The van der Waals surface area contributed by atoms with Crippen LogP contribution in [0, 0.1) is 5.92 Å². The molecule has 2 fully saturated rings. The molecule has 2 N–H and O–H groups in total. The molecule has 2 unspecified atom stereocenters. The molecule has 0 aromatic rings. The Morgan fingerprint density at radius 1 is 1.56 bits per heavy atom. The number of hydrogen-bond donors (Lipinski definition) is 2. The van der Waals surface area contributed by atoms with Gasteiger partial charge in [-0.1, -0.05) is 0 Å². The molecule has 0 saturated carbocycles. The van der Waals surface area contributed by atoms with Crippen LogP contribution >= 0.6 is 0 Å². The number of hydrogen-bond acceptors (Lipinski definition) is 2. The molecule has 0 bridgehead atoms. The Bertz CT molecular complexity index is 304. The van der Waals surface area contributed by atoms with Crippen molar-refractivity contribution in [2.75, 3.05) is 13.1 Å². The van der Waals surface area contributed by atoms with Crippen molar-refractivity contribution in [2.24, 2.45) is 5.92 Å². The summed E-state index contributed by atoms with van der Waals surface area (Å²) in [7, 11) is 0. The predicted octanol–water partition coefficient (Wildman–Crippen LogP) is 0.315. The van der Waals surface area contributed by atoms with Crippen LogP contribution in [0.2, 0.25) is 0 Å². The van der Waals surface area contributed by atoms with E-state index in [1.165, 1.54) is 0 Å². The van der Waals surface area contributed by atoms with E-state index in [0.29, 0.717) is 6.54 Å². The highest BCUT2D eigenvalue weighted by molar-refractivity contribution is 5.84. The van der Waals surface area contributed by atoms with Crippen LogP contribution in [0.4, 0.5) is 4.79 Å². The van der Waals surface area contributed by atoms with Crippen LogP contribution in [-0.4, -0.2) is 42.0 Å². The second-order valence-corrected chi connectivity index (χ2v) is 4.86. The smallest absolute Gasteiger partial charge is 0.317 e. The number of nitrogens with zero attached hydrogens (tertiary/aromatic N) is 1. The van der Waals surface area contributed by atoms with Crippen molar-refractivity contribution >= 4 is 11.9 Å². The quantitative estimate of drug-likeness (QED) is 0.675. The lowest BCUT2D eigenvalue weighted by Crippen LogP contribution is -2.53. The Morgan fingerprint density at radius 2 is 2.31 bits per heavy atom. The van der Waals surface area contributed by atoms with Crippen molar-refractivity contribution in [3.63, 3.8) is 0 Å². The van der Waals surface area contributed by atoms with Gasteiger partial charge >= 0.3 is 6.03 Å². The summed E-state index contributed by atoms with van der Waals surface area (Å²) in [6.07, 6.45) is 1.82. The zero-order valence-electron chi connectivity index (χ0n) is 9.82. The average molecular weight is 225 g/mol. The second-order valence-electron chi connectivity index (χ2n) is 4.86. The van der Waals surface area contributed by atoms with Crippen LogP contribution in [0.15, 0.2) is 0 Å². The van der Waals surface area contributed by atoms with Crippen LogP contribution in [0.1, 0.15) is 26.7 Å². The number of likely N-dealkylation sites (tertiary alicyclic amines) is 1. The van der Waals surface area contributed by atoms with Crippen LogP contribution < -0.4 is 10.6 Å². The van der Waals surface area contributed by atoms with Gasteiger partial charge in [0.15, 0.2) is 0 Å². The molecule has 2 heterocycles. The second kappa shape index (κ2) is 4.31. The Labute approximate surface area is 95.6 Å². The highest BCUT2D eigenvalue weighted by Crippen LogP contribution is 2.27. The summed E-state index contributed by atoms with van der Waals surface area (Å²) in [5.41, 5.74) is 0. The van der Waals surface area contributed by atoms with Crippen LogP contribution in [0.3, 0.4) is 0 Å². The van der Waals surface area contributed by atoms with E-state index in [1.54, 1.807) is 0 Å². The normalized spacial score (nSPS) is 28.9. The van der Waals surface area contributed by atoms with Gasteiger partial charge in [-0.25, -0.2) is 4.79 Å². The van der Waals surface area contributed by atoms with E-state index in [4.69, 9.17) is 0 Å². The lowest BCUT2D eigenvalue weighted by atomic mass is 9.92. The lowest BCUT2D eigenvalue weighted by molar-refractivity contribution is -0.123. The molecule has 2 aliphatic rings. The summed E-state index contributed by atoms with van der Waals surface area (Å²) in [6, 6.07) is 0.152. The monoisotopic (exact) mass is 225 g/mol. The molecule has 2 atom stereocenters. The third-order valence-corrected chi connectivity index (χ3v) is 3.27. The summed E-state index contributed by atoms with van der Waals surface area (Å²) >= 11 is 0. The Kier molecular flexibility index (Phi) is 3.03. The van der Waals surface area contributed by atoms with E-state index in [-0.39, 0.29) is 29.9 Å². The molecule has 5 nitrogen and oxygen atoms in total. The lowest BCUT2D eigenvalue weighted by Gasteiger charge is -2.36. The maximum Gasteiger partial charge on any atom is 0.317 e. The molecular weight excluding hydrogens is 206 g/mol. The van der Waals surface area contributed by atoms with E-state index < -0.39 is 0 Å². The van der Waals surface area contributed by atoms with Gasteiger partial charge in [-0.15, -0.1) is 0 Å². The number of amides is 3. The number of urea groups is 1. The van der Waals surface area contributed by atoms with Crippen molar-refractivity contribution in [2.45, 2.75) is 38.8 Å². The fourth-order valence-corrected chi connectivity index (χ4v) is 2.53. The van der Waals surface area contributed by atoms with Crippen molar-refractivity contribution in [1.82, 2.24) is 15.5 Å². The number of nitrogens with one attached hydrogen (secondary N) is 2. The Balaban J connectivity index is 2.04. The summed E-state index contributed by atoms with van der Waals surface area (Å²) in [5, 5.41) is 5.73. The summed E-state index contributed by atoms with van der Waals surface area (Å²) in [6.45, 7) is 5.25. The highest BCUT2D eigenvalue weighted by Gasteiger charge is 2.42. The average Bonchev–Trinajstić information content (AvgIpc) is 2.59. The Morgan fingerprint density at radius 3 is 3.00 bits per heavy atom. The third kappa shape index (κ3) is 1.99. The maximum atomic E-state index is 11.9. The van der Waals surface area contributed by atoms with Gasteiger partial charge in [0.05, 0.1) is 12.0 Å². The molecule has 90 valence electrons. The van der Waals surface area contributed by atoms with E-state index in [1.807, 2.05) is 18.7 Å². The van der Waals surface area contributed by atoms with E-state index in [0.717, 1.165) is 19.4 Å². The van der Waals surface area contributed by atoms with Gasteiger partial charge in [0.2, 0.25) is 5.91 Å². The minimum atomic E-state index is -0.0406. The summed E-state index contributed by atoms with van der Waals surface area (Å²) < 4.78 is 0. The van der Waals surface area contributed by atoms with Gasteiger partial charge < -0.3 is 15.5 Å². The fourth-order valence-electron chi connectivity index (χ4n) is 2.53. The molecule has 16 heavy (non-hydrogen) atoms. The van der Waals surface area contributed by atoms with Crippen LogP contribution in [0.25, 0.3) is 0 Å². The largest absolute Gasteiger partial charge is 0.354 e. The summed E-state index contributed by atoms with van der Waals surface area (Å²) in [4.78, 5) is 25.3. The molecule has 2 saturated heterocycles. The number of fused-ring (bicyclic) bond motifs is 1. The molecule has 0 aromatic carbocycles. The number of piperidine rings is 1. The van der Waals surface area contributed by atoms with Crippen molar-refractivity contribution in [3.05, 3.63) is 0 Å². The molecule has 3 amide bonds. The van der Waals surface area contributed by atoms with Crippen LogP contribution in [-0.2, 0) is 4.79 Å². The first-order valence-corrected chi connectivity index (χ1v) is 5.94. The van der Waals surface area contributed by atoms with Crippen molar-refractivity contribution < 1.29 is 9.59 Å². The third-order valence-electron chi connectivity index (χ3n) is 3.27. The SMILES string of the molecule is CC(C)NC(=O)N1CCCC2C(=O)NCC21. The maximum absolute atomic E-state index is 11.9. The van der Waals surface area contributed by atoms with E-state index in [2.05, 4.69) is 10.6 Å². The van der Waals surface area contributed by atoms with Gasteiger partial charge in [-0.05, 0) is 26.7 Å². The molecule has 0 spiro atoms. The molecule has 5 heteroatoms. The zero-order valence-corrected chi connectivity index (χ0v) is 9.82. The number of rotatable bonds is 1. The number of carbonyl (C=O) groups excluding carboxylic acids is 2. The highest BCUT2D eigenvalue weighted by atomic mass is 16.2. The fraction of sp³-hybridized carbons (Fsp3) is 0.818. The molecular formula is C11H19N3O2. The van der Waals surface area contributed by atoms with Gasteiger partial charge in [0.1, 0.15) is 0 Å². The first-order valence-electron chi connectivity index (χ1n) is 5.94. The molecule has 0 radical (unpaired) electrons. The Hall–Kier alpha value is -1.26. The zero-order chi connectivity index (χ0) is 11.7. The molecule has 0 aliphatic carbocycles. The van der Waals surface area contributed by atoms with Gasteiger partial charge in [0, 0.05) is 19.1 Å². The first kappa shape index (κ1) is 11.2. The standard InChI is InChI=1S/C11H19N3O2/c1-7(2)13-11(16)14-5-3-4-8-9(14)6-12-10(8)15/h7-9H,3-6H2,1-2H3,(H,12,15)(H,13,16). The first-order chi connectivity index (χ1) is 7.59. The predicted molar refractivity (Wildman–Crippen MR) is 59.9 cm³/mol. The minimum Gasteiger partial charge on any atom is -0.354 e.